The summed E-state index contributed by atoms with van der Waals surface area (Å²) in [6, 6.07) is 4.33. The summed E-state index contributed by atoms with van der Waals surface area (Å²) in [5.74, 6) is 1.14. The first-order valence-electron chi connectivity index (χ1n) is 6.30. The highest BCUT2D eigenvalue weighted by Gasteiger charge is 2.12. The molecular formula is C13H21N3. The number of anilines is 1. The number of nitrogens with zero attached hydrogens (tertiary/aromatic N) is 2. The Labute approximate surface area is 97.9 Å². The lowest BCUT2D eigenvalue weighted by atomic mass is 10.2. The highest BCUT2D eigenvalue weighted by Crippen LogP contribution is 2.17. The summed E-state index contributed by atoms with van der Waals surface area (Å²) in [6.45, 7) is 6.53. The Kier molecular flexibility index (Phi) is 4.17. The number of nitrogens with one attached hydrogen (secondary N) is 1. The van der Waals surface area contributed by atoms with E-state index in [1.165, 1.54) is 37.9 Å². The van der Waals surface area contributed by atoms with E-state index >= 15 is 0 Å². The fourth-order valence-corrected chi connectivity index (χ4v) is 2.06. The van der Waals surface area contributed by atoms with Gasteiger partial charge in [-0.15, -0.1) is 0 Å². The number of rotatable bonds is 5. The number of hydrogen-bond donors (Lipinski definition) is 1. The van der Waals surface area contributed by atoms with Crippen molar-refractivity contribution in [2.75, 3.05) is 24.5 Å². The zero-order chi connectivity index (χ0) is 11.2. The van der Waals surface area contributed by atoms with Crippen LogP contribution in [0.5, 0.6) is 0 Å². The van der Waals surface area contributed by atoms with E-state index < -0.39 is 0 Å². The van der Waals surface area contributed by atoms with Gasteiger partial charge in [0.25, 0.3) is 0 Å². The van der Waals surface area contributed by atoms with Gasteiger partial charge in [0, 0.05) is 25.8 Å². The molecule has 1 N–H and O–H groups in total. The highest BCUT2D eigenvalue weighted by atomic mass is 15.2. The van der Waals surface area contributed by atoms with Crippen LogP contribution in [0.4, 0.5) is 5.82 Å². The largest absolute Gasteiger partial charge is 0.357 e. The average Bonchev–Trinajstić information content (AvgIpc) is 2.84. The summed E-state index contributed by atoms with van der Waals surface area (Å²) in [6.07, 6.45) is 5.79. The Balaban J connectivity index is 1.88. The van der Waals surface area contributed by atoms with Gasteiger partial charge in [0.2, 0.25) is 0 Å². The monoisotopic (exact) mass is 219 g/mol. The van der Waals surface area contributed by atoms with E-state index in [1.54, 1.807) is 0 Å². The average molecular weight is 219 g/mol. The summed E-state index contributed by atoms with van der Waals surface area (Å²) >= 11 is 0. The lowest BCUT2D eigenvalue weighted by molar-refractivity contribution is 0.674. The molecule has 1 aromatic rings. The topological polar surface area (TPSA) is 28.2 Å². The quantitative estimate of drug-likeness (QED) is 0.769. The molecule has 3 heteroatoms. The second-order valence-electron chi connectivity index (χ2n) is 4.40. The molecule has 1 fully saturated rings. The molecule has 0 aromatic carbocycles. The maximum absolute atomic E-state index is 4.53. The van der Waals surface area contributed by atoms with E-state index in [1.807, 2.05) is 6.20 Å². The summed E-state index contributed by atoms with van der Waals surface area (Å²) < 4.78 is 0. The maximum atomic E-state index is 4.53. The molecule has 1 aliphatic rings. The SMILES string of the molecule is CCCNCc1ccc(N2CCCC2)nc1. The van der Waals surface area contributed by atoms with Crippen LogP contribution in [0.25, 0.3) is 0 Å². The van der Waals surface area contributed by atoms with Crippen molar-refractivity contribution in [3.05, 3.63) is 23.9 Å². The standard InChI is InChI=1S/C13H21N3/c1-2-7-14-10-12-5-6-13(15-11-12)16-8-3-4-9-16/h5-6,11,14H,2-4,7-10H2,1H3. The van der Waals surface area contributed by atoms with E-state index in [4.69, 9.17) is 0 Å². The molecule has 3 nitrogen and oxygen atoms in total. The minimum absolute atomic E-state index is 0.932. The Morgan fingerprint density at radius 3 is 2.75 bits per heavy atom. The van der Waals surface area contributed by atoms with Crippen LogP contribution in [-0.2, 0) is 6.54 Å². The molecule has 0 aliphatic carbocycles. The predicted octanol–water partition coefficient (Wildman–Crippen LogP) is 2.18. The predicted molar refractivity (Wildman–Crippen MR) is 67.7 cm³/mol. The molecular weight excluding hydrogens is 198 g/mol. The third kappa shape index (κ3) is 2.95. The number of pyridine rings is 1. The molecule has 88 valence electrons. The molecule has 0 spiro atoms. The van der Waals surface area contributed by atoms with Gasteiger partial charge >= 0.3 is 0 Å². The number of aromatic nitrogens is 1. The van der Waals surface area contributed by atoms with E-state index in [9.17, 15) is 0 Å². The summed E-state index contributed by atoms with van der Waals surface area (Å²) in [4.78, 5) is 6.89. The lowest BCUT2D eigenvalue weighted by Crippen LogP contribution is -2.19. The van der Waals surface area contributed by atoms with E-state index in [0.717, 1.165) is 18.9 Å². The summed E-state index contributed by atoms with van der Waals surface area (Å²) in [5.41, 5.74) is 1.27. The Morgan fingerprint density at radius 1 is 1.31 bits per heavy atom. The van der Waals surface area contributed by atoms with Gasteiger partial charge in [-0.2, -0.15) is 0 Å². The number of hydrogen-bond acceptors (Lipinski definition) is 3. The minimum Gasteiger partial charge on any atom is -0.357 e. The van der Waals surface area contributed by atoms with Gasteiger partial charge in [-0.3, -0.25) is 0 Å². The van der Waals surface area contributed by atoms with Crippen LogP contribution < -0.4 is 10.2 Å². The van der Waals surface area contributed by atoms with Crippen molar-refractivity contribution in [2.24, 2.45) is 0 Å². The van der Waals surface area contributed by atoms with Crippen LogP contribution in [0.3, 0.4) is 0 Å². The van der Waals surface area contributed by atoms with Gasteiger partial charge in [-0.1, -0.05) is 13.0 Å². The Hall–Kier alpha value is -1.09. The van der Waals surface area contributed by atoms with Crippen molar-refractivity contribution in [3.63, 3.8) is 0 Å². The zero-order valence-corrected chi connectivity index (χ0v) is 10.1. The van der Waals surface area contributed by atoms with Gasteiger partial charge in [0.05, 0.1) is 0 Å². The first kappa shape index (κ1) is 11.4. The zero-order valence-electron chi connectivity index (χ0n) is 10.1. The van der Waals surface area contributed by atoms with Crippen molar-refractivity contribution >= 4 is 5.82 Å². The lowest BCUT2D eigenvalue weighted by Gasteiger charge is -2.16. The van der Waals surface area contributed by atoms with Gasteiger partial charge in [0.1, 0.15) is 5.82 Å². The van der Waals surface area contributed by atoms with Crippen LogP contribution in [-0.4, -0.2) is 24.6 Å². The second kappa shape index (κ2) is 5.85. The van der Waals surface area contributed by atoms with Gasteiger partial charge in [-0.25, -0.2) is 4.98 Å². The van der Waals surface area contributed by atoms with Crippen molar-refractivity contribution in [1.29, 1.82) is 0 Å². The third-order valence-electron chi connectivity index (χ3n) is 3.00. The van der Waals surface area contributed by atoms with Crippen molar-refractivity contribution in [1.82, 2.24) is 10.3 Å². The summed E-state index contributed by atoms with van der Waals surface area (Å²) in [5, 5.41) is 3.39. The molecule has 1 aromatic heterocycles. The minimum atomic E-state index is 0.932. The molecule has 0 atom stereocenters. The highest BCUT2D eigenvalue weighted by molar-refractivity contribution is 5.40. The van der Waals surface area contributed by atoms with Crippen LogP contribution >= 0.6 is 0 Å². The van der Waals surface area contributed by atoms with E-state index in [-0.39, 0.29) is 0 Å². The molecule has 2 heterocycles. The van der Waals surface area contributed by atoms with Crippen molar-refractivity contribution in [2.45, 2.75) is 32.7 Å². The molecule has 0 radical (unpaired) electrons. The van der Waals surface area contributed by atoms with Gasteiger partial charge < -0.3 is 10.2 Å². The molecule has 2 rings (SSSR count). The summed E-state index contributed by atoms with van der Waals surface area (Å²) in [7, 11) is 0. The van der Waals surface area contributed by atoms with Crippen LogP contribution in [0.2, 0.25) is 0 Å². The van der Waals surface area contributed by atoms with Crippen molar-refractivity contribution in [3.8, 4) is 0 Å². The van der Waals surface area contributed by atoms with Crippen LogP contribution in [0, 0.1) is 0 Å². The molecule has 0 amide bonds. The smallest absolute Gasteiger partial charge is 0.128 e. The van der Waals surface area contributed by atoms with Crippen molar-refractivity contribution < 1.29 is 0 Å². The third-order valence-corrected chi connectivity index (χ3v) is 3.00. The first-order valence-corrected chi connectivity index (χ1v) is 6.30. The van der Waals surface area contributed by atoms with Gasteiger partial charge in [-0.05, 0) is 37.4 Å². The Bertz CT molecular complexity index is 301. The molecule has 0 bridgehead atoms. The second-order valence-corrected chi connectivity index (χ2v) is 4.40. The Morgan fingerprint density at radius 2 is 2.12 bits per heavy atom. The fourth-order valence-electron chi connectivity index (χ4n) is 2.06. The molecule has 0 saturated carbocycles. The molecule has 0 unspecified atom stereocenters. The van der Waals surface area contributed by atoms with Crippen LogP contribution in [0.15, 0.2) is 18.3 Å². The van der Waals surface area contributed by atoms with E-state index in [2.05, 4.69) is 34.3 Å². The van der Waals surface area contributed by atoms with Crippen LogP contribution in [0.1, 0.15) is 31.7 Å². The van der Waals surface area contributed by atoms with Gasteiger partial charge in [0.15, 0.2) is 0 Å². The molecule has 1 saturated heterocycles. The molecule has 16 heavy (non-hydrogen) atoms. The molecule has 1 aliphatic heterocycles. The fraction of sp³-hybridized carbons (Fsp3) is 0.615. The first-order chi connectivity index (χ1) is 7.90. The normalized spacial score (nSPS) is 15.7. The maximum Gasteiger partial charge on any atom is 0.128 e. The van der Waals surface area contributed by atoms with E-state index in [0.29, 0.717) is 0 Å².